The van der Waals surface area contributed by atoms with E-state index in [1.165, 1.54) is 19.1 Å². The van der Waals surface area contributed by atoms with Gasteiger partial charge in [0, 0.05) is 11.6 Å². The summed E-state index contributed by atoms with van der Waals surface area (Å²) in [6.07, 6.45) is 0. The van der Waals surface area contributed by atoms with Crippen LogP contribution in [0.15, 0.2) is 71.6 Å². The van der Waals surface area contributed by atoms with Crippen LogP contribution < -0.4 is 4.72 Å². The molecule has 4 nitrogen and oxygen atoms in total. The molecule has 0 saturated heterocycles. The van der Waals surface area contributed by atoms with Crippen molar-refractivity contribution in [2.45, 2.75) is 24.8 Å². The number of hydrogen-bond acceptors (Lipinski definition) is 3. The quantitative estimate of drug-likeness (QED) is 0.703. The summed E-state index contributed by atoms with van der Waals surface area (Å²) in [6, 6.07) is 19.4. The van der Waals surface area contributed by atoms with Crippen molar-refractivity contribution in [3.63, 3.8) is 0 Å². The molecule has 3 rings (SSSR count). The van der Waals surface area contributed by atoms with E-state index < -0.39 is 16.1 Å². The minimum atomic E-state index is -3.73. The second-order valence-electron chi connectivity index (χ2n) is 6.00. The van der Waals surface area contributed by atoms with Crippen LogP contribution in [0, 0.1) is 0 Å². The SMILES string of the molecule is CC(=O)c1cccc(S(=O)(=O)N[C@@H](C)c2cccc3ccccc23)c1. The summed E-state index contributed by atoms with van der Waals surface area (Å²) in [6.45, 7) is 3.23. The highest BCUT2D eigenvalue weighted by Crippen LogP contribution is 2.25. The monoisotopic (exact) mass is 353 g/mol. The summed E-state index contributed by atoms with van der Waals surface area (Å²) in [5, 5.41) is 2.07. The number of carbonyl (C=O) groups is 1. The van der Waals surface area contributed by atoms with E-state index in [0.29, 0.717) is 5.56 Å². The van der Waals surface area contributed by atoms with Crippen molar-refractivity contribution in [3.8, 4) is 0 Å². The maximum Gasteiger partial charge on any atom is 0.241 e. The minimum absolute atomic E-state index is 0.0901. The van der Waals surface area contributed by atoms with Gasteiger partial charge in [-0.15, -0.1) is 0 Å². The summed E-state index contributed by atoms with van der Waals surface area (Å²) in [4.78, 5) is 11.6. The molecular formula is C20H19NO3S. The third-order valence-corrected chi connectivity index (χ3v) is 5.71. The smallest absolute Gasteiger partial charge is 0.241 e. The number of fused-ring (bicyclic) bond motifs is 1. The van der Waals surface area contributed by atoms with Gasteiger partial charge in [0.25, 0.3) is 0 Å². The maximum atomic E-state index is 12.7. The van der Waals surface area contributed by atoms with Crippen LogP contribution in [0.2, 0.25) is 0 Å². The predicted octanol–water partition coefficient (Wildman–Crippen LogP) is 4.08. The molecule has 0 unspecified atom stereocenters. The topological polar surface area (TPSA) is 63.2 Å². The lowest BCUT2D eigenvalue weighted by Crippen LogP contribution is -2.27. The van der Waals surface area contributed by atoms with Gasteiger partial charge in [-0.3, -0.25) is 4.79 Å². The molecule has 128 valence electrons. The Balaban J connectivity index is 1.95. The van der Waals surface area contributed by atoms with Crippen LogP contribution in [0.25, 0.3) is 10.8 Å². The molecule has 0 bridgehead atoms. The standard InChI is InChI=1S/C20H19NO3S/c1-14(19-12-6-8-16-7-3-4-11-20(16)19)21-25(23,24)18-10-5-9-17(13-18)15(2)22/h3-14,21H,1-2H3/t14-/m0/s1. The van der Waals surface area contributed by atoms with E-state index in [-0.39, 0.29) is 10.7 Å². The fraction of sp³-hybridized carbons (Fsp3) is 0.150. The van der Waals surface area contributed by atoms with Gasteiger partial charge in [-0.25, -0.2) is 13.1 Å². The van der Waals surface area contributed by atoms with Gasteiger partial charge in [0.2, 0.25) is 10.0 Å². The molecule has 0 aliphatic heterocycles. The summed E-state index contributed by atoms with van der Waals surface area (Å²) in [5.74, 6) is -0.167. The van der Waals surface area contributed by atoms with Crippen LogP contribution in [0.1, 0.15) is 35.8 Å². The summed E-state index contributed by atoms with van der Waals surface area (Å²) < 4.78 is 28.1. The summed E-state index contributed by atoms with van der Waals surface area (Å²) >= 11 is 0. The first-order valence-electron chi connectivity index (χ1n) is 7.99. The molecule has 3 aromatic rings. The van der Waals surface area contributed by atoms with E-state index in [9.17, 15) is 13.2 Å². The van der Waals surface area contributed by atoms with Crippen molar-refractivity contribution in [1.82, 2.24) is 4.72 Å². The van der Waals surface area contributed by atoms with Crippen LogP contribution in [-0.2, 0) is 10.0 Å². The first kappa shape index (κ1) is 17.3. The van der Waals surface area contributed by atoms with Crippen molar-refractivity contribution in [2.24, 2.45) is 0 Å². The van der Waals surface area contributed by atoms with Gasteiger partial charge in [0.1, 0.15) is 0 Å². The first-order valence-corrected chi connectivity index (χ1v) is 9.48. The molecule has 1 atom stereocenters. The largest absolute Gasteiger partial charge is 0.295 e. The Bertz CT molecular complexity index is 1040. The van der Waals surface area contributed by atoms with Crippen LogP contribution in [0.3, 0.4) is 0 Å². The lowest BCUT2D eigenvalue weighted by molar-refractivity contribution is 0.101. The van der Waals surface area contributed by atoms with E-state index in [2.05, 4.69) is 4.72 Å². The second kappa shape index (κ2) is 6.78. The van der Waals surface area contributed by atoms with E-state index in [4.69, 9.17) is 0 Å². The van der Waals surface area contributed by atoms with Gasteiger partial charge in [-0.05, 0) is 42.3 Å². The van der Waals surface area contributed by atoms with Gasteiger partial charge in [0.15, 0.2) is 5.78 Å². The van der Waals surface area contributed by atoms with E-state index >= 15 is 0 Å². The molecule has 0 fully saturated rings. The zero-order chi connectivity index (χ0) is 18.0. The molecule has 5 heteroatoms. The molecule has 0 aliphatic carbocycles. The maximum absolute atomic E-state index is 12.7. The molecule has 0 aliphatic rings. The lowest BCUT2D eigenvalue weighted by Gasteiger charge is -2.17. The van der Waals surface area contributed by atoms with E-state index in [1.807, 2.05) is 49.4 Å². The third kappa shape index (κ3) is 3.62. The molecule has 1 N–H and O–H groups in total. The summed E-state index contributed by atoms with van der Waals surface area (Å²) in [5.41, 5.74) is 1.28. The Morgan fingerprint density at radius 1 is 0.960 bits per heavy atom. The average molecular weight is 353 g/mol. The predicted molar refractivity (Wildman–Crippen MR) is 99.1 cm³/mol. The molecule has 0 saturated carbocycles. The van der Waals surface area contributed by atoms with Crippen LogP contribution in [-0.4, -0.2) is 14.2 Å². The Labute approximate surface area is 147 Å². The highest BCUT2D eigenvalue weighted by atomic mass is 32.2. The molecule has 3 aromatic carbocycles. The van der Waals surface area contributed by atoms with Crippen molar-refractivity contribution in [1.29, 1.82) is 0 Å². The number of ketones is 1. The zero-order valence-electron chi connectivity index (χ0n) is 14.1. The Kier molecular flexibility index (Phi) is 4.70. The molecule has 0 heterocycles. The number of carbonyl (C=O) groups excluding carboxylic acids is 1. The number of Topliss-reactive ketones (excluding diaryl/α,β-unsaturated/α-hetero) is 1. The van der Waals surface area contributed by atoms with E-state index in [1.54, 1.807) is 12.1 Å². The molecule has 0 radical (unpaired) electrons. The van der Waals surface area contributed by atoms with E-state index in [0.717, 1.165) is 16.3 Å². The van der Waals surface area contributed by atoms with Gasteiger partial charge in [0.05, 0.1) is 4.90 Å². The molecule has 0 spiro atoms. The second-order valence-corrected chi connectivity index (χ2v) is 7.71. The minimum Gasteiger partial charge on any atom is -0.295 e. The van der Waals surface area contributed by atoms with Crippen molar-refractivity contribution in [2.75, 3.05) is 0 Å². The van der Waals surface area contributed by atoms with Gasteiger partial charge in [-0.2, -0.15) is 0 Å². The number of benzene rings is 3. The Morgan fingerprint density at radius 2 is 1.64 bits per heavy atom. The Morgan fingerprint density at radius 3 is 2.40 bits per heavy atom. The molecule has 0 aromatic heterocycles. The highest BCUT2D eigenvalue weighted by Gasteiger charge is 2.20. The molecular weight excluding hydrogens is 334 g/mol. The van der Waals surface area contributed by atoms with Gasteiger partial charge >= 0.3 is 0 Å². The van der Waals surface area contributed by atoms with Crippen LogP contribution >= 0.6 is 0 Å². The van der Waals surface area contributed by atoms with Crippen LogP contribution in [0.5, 0.6) is 0 Å². The summed E-state index contributed by atoms with van der Waals surface area (Å²) in [7, 11) is -3.73. The molecule has 25 heavy (non-hydrogen) atoms. The number of sulfonamides is 1. The van der Waals surface area contributed by atoms with Crippen molar-refractivity contribution >= 4 is 26.6 Å². The van der Waals surface area contributed by atoms with Crippen LogP contribution in [0.4, 0.5) is 0 Å². The zero-order valence-corrected chi connectivity index (χ0v) is 14.9. The van der Waals surface area contributed by atoms with Crippen molar-refractivity contribution < 1.29 is 13.2 Å². The first-order chi connectivity index (χ1) is 11.9. The third-order valence-electron chi connectivity index (χ3n) is 4.17. The normalized spacial score (nSPS) is 12.9. The lowest BCUT2D eigenvalue weighted by atomic mass is 10.0. The molecule has 0 amide bonds. The van der Waals surface area contributed by atoms with Gasteiger partial charge in [-0.1, -0.05) is 54.6 Å². The number of rotatable bonds is 5. The fourth-order valence-corrected chi connectivity index (χ4v) is 4.14. The number of hydrogen-bond donors (Lipinski definition) is 1. The fourth-order valence-electron chi connectivity index (χ4n) is 2.87. The average Bonchev–Trinajstić information content (AvgIpc) is 2.61. The highest BCUT2D eigenvalue weighted by molar-refractivity contribution is 7.89. The Hall–Kier alpha value is -2.50. The van der Waals surface area contributed by atoms with Crippen molar-refractivity contribution in [3.05, 3.63) is 77.9 Å². The van der Waals surface area contributed by atoms with Gasteiger partial charge < -0.3 is 0 Å². The number of nitrogens with one attached hydrogen (secondary N) is 1.